The van der Waals surface area contributed by atoms with E-state index in [0.717, 1.165) is 16.4 Å². The number of thioether (sulfide) groups is 1. The van der Waals surface area contributed by atoms with E-state index in [4.69, 9.17) is 0 Å². The number of hydrogen-bond acceptors (Lipinski definition) is 4. The fourth-order valence-electron chi connectivity index (χ4n) is 1.88. The topological polar surface area (TPSA) is 51.0 Å². The summed E-state index contributed by atoms with van der Waals surface area (Å²) in [6.07, 6.45) is 1.68. The fraction of sp³-hybridized carbons (Fsp3) is 0.357. The van der Waals surface area contributed by atoms with Gasteiger partial charge in [-0.3, -0.25) is 9.36 Å². The molecule has 20 heavy (non-hydrogen) atoms. The molecule has 2 aromatic rings. The van der Waals surface area contributed by atoms with Crippen LogP contribution in [-0.4, -0.2) is 44.9 Å². The van der Waals surface area contributed by atoms with Crippen LogP contribution in [0.1, 0.15) is 12.5 Å². The summed E-state index contributed by atoms with van der Waals surface area (Å²) in [4.78, 5) is 13.5. The van der Waals surface area contributed by atoms with Gasteiger partial charge in [0.15, 0.2) is 5.16 Å². The zero-order valence-electron chi connectivity index (χ0n) is 12.1. The molecule has 0 saturated carbocycles. The van der Waals surface area contributed by atoms with E-state index in [1.54, 1.807) is 25.3 Å². The van der Waals surface area contributed by atoms with Gasteiger partial charge in [-0.15, -0.1) is 10.2 Å². The predicted octanol–water partition coefficient (Wildman–Crippen LogP) is 2.14. The Balaban J connectivity index is 2.26. The maximum Gasteiger partial charge on any atom is 0.235 e. The van der Waals surface area contributed by atoms with Crippen molar-refractivity contribution < 1.29 is 4.79 Å². The van der Waals surface area contributed by atoms with Crippen molar-refractivity contribution in [1.29, 1.82) is 0 Å². The molecule has 0 aliphatic carbocycles. The molecule has 0 N–H and O–H groups in total. The Hall–Kier alpha value is -1.82. The summed E-state index contributed by atoms with van der Waals surface area (Å²) in [6.45, 7) is 3.92. The number of amides is 1. The highest BCUT2D eigenvalue weighted by molar-refractivity contribution is 8.00. The SMILES string of the molecule is Cc1ccccc1-n1cnnc1SC(C)C(=O)N(C)C. The maximum atomic E-state index is 11.9. The van der Waals surface area contributed by atoms with Crippen LogP contribution in [0.5, 0.6) is 0 Å². The number of aryl methyl sites for hydroxylation is 1. The molecule has 0 radical (unpaired) electrons. The third-order valence-corrected chi connectivity index (χ3v) is 4.01. The van der Waals surface area contributed by atoms with Crippen LogP contribution in [0.25, 0.3) is 5.69 Å². The minimum absolute atomic E-state index is 0.0642. The lowest BCUT2D eigenvalue weighted by Crippen LogP contribution is -2.29. The molecule has 0 aliphatic heterocycles. The Morgan fingerprint density at radius 1 is 1.35 bits per heavy atom. The summed E-state index contributed by atoms with van der Waals surface area (Å²) in [5, 5.41) is 8.61. The number of carbonyl (C=O) groups excluding carboxylic acids is 1. The van der Waals surface area contributed by atoms with E-state index in [0.29, 0.717) is 0 Å². The number of aromatic nitrogens is 3. The summed E-state index contributed by atoms with van der Waals surface area (Å²) in [6, 6.07) is 8.03. The molecule has 1 aromatic heterocycles. The summed E-state index contributed by atoms with van der Waals surface area (Å²) in [7, 11) is 3.51. The standard InChI is InChI=1S/C14H18N4OS/c1-10-7-5-6-8-12(10)18-9-15-16-14(18)20-11(2)13(19)17(3)4/h5-9,11H,1-4H3. The number of nitrogens with zero attached hydrogens (tertiary/aromatic N) is 4. The zero-order chi connectivity index (χ0) is 14.7. The van der Waals surface area contributed by atoms with Gasteiger partial charge < -0.3 is 4.90 Å². The van der Waals surface area contributed by atoms with E-state index in [1.165, 1.54) is 11.8 Å². The summed E-state index contributed by atoms with van der Waals surface area (Å²) < 4.78 is 1.92. The van der Waals surface area contributed by atoms with Gasteiger partial charge in [0.05, 0.1) is 10.9 Å². The maximum absolute atomic E-state index is 11.9. The Morgan fingerprint density at radius 2 is 2.05 bits per heavy atom. The van der Waals surface area contributed by atoms with Crippen LogP contribution < -0.4 is 0 Å². The lowest BCUT2D eigenvalue weighted by Gasteiger charge is -2.16. The largest absolute Gasteiger partial charge is 0.348 e. The molecule has 2 rings (SSSR count). The van der Waals surface area contributed by atoms with Crippen molar-refractivity contribution in [3.05, 3.63) is 36.2 Å². The summed E-state index contributed by atoms with van der Waals surface area (Å²) >= 11 is 1.41. The van der Waals surface area contributed by atoms with Crippen LogP contribution in [0.4, 0.5) is 0 Å². The minimum Gasteiger partial charge on any atom is -0.348 e. The second kappa shape index (κ2) is 6.09. The lowest BCUT2D eigenvalue weighted by atomic mass is 10.2. The Morgan fingerprint density at radius 3 is 2.70 bits per heavy atom. The number of carbonyl (C=O) groups is 1. The van der Waals surface area contributed by atoms with Crippen molar-refractivity contribution in [2.24, 2.45) is 0 Å². The molecular formula is C14H18N4OS. The van der Waals surface area contributed by atoms with Crippen molar-refractivity contribution >= 4 is 17.7 Å². The molecule has 0 bridgehead atoms. The predicted molar refractivity (Wildman–Crippen MR) is 80.1 cm³/mol. The Kier molecular flexibility index (Phi) is 4.44. The van der Waals surface area contributed by atoms with Crippen LogP contribution in [0, 0.1) is 6.92 Å². The molecule has 1 amide bonds. The number of rotatable bonds is 4. The van der Waals surface area contributed by atoms with Crippen LogP contribution >= 0.6 is 11.8 Å². The van der Waals surface area contributed by atoms with Crippen molar-refractivity contribution in [3.8, 4) is 5.69 Å². The van der Waals surface area contributed by atoms with Gasteiger partial charge >= 0.3 is 0 Å². The van der Waals surface area contributed by atoms with E-state index in [2.05, 4.69) is 10.2 Å². The smallest absolute Gasteiger partial charge is 0.235 e. The number of benzene rings is 1. The molecule has 106 valence electrons. The second-order valence-electron chi connectivity index (χ2n) is 4.76. The van der Waals surface area contributed by atoms with Gasteiger partial charge in [0.25, 0.3) is 0 Å². The average molecular weight is 290 g/mol. The Bertz CT molecular complexity index is 609. The Labute approximate surface area is 123 Å². The van der Waals surface area contributed by atoms with E-state index >= 15 is 0 Å². The third-order valence-electron chi connectivity index (χ3n) is 2.96. The minimum atomic E-state index is -0.197. The van der Waals surface area contributed by atoms with E-state index < -0.39 is 0 Å². The summed E-state index contributed by atoms with van der Waals surface area (Å²) in [5.74, 6) is 0.0642. The molecule has 1 aromatic carbocycles. The highest BCUT2D eigenvalue weighted by Gasteiger charge is 2.19. The van der Waals surface area contributed by atoms with Crippen LogP contribution in [0.3, 0.4) is 0 Å². The van der Waals surface area contributed by atoms with Crippen molar-refractivity contribution in [2.45, 2.75) is 24.3 Å². The quantitative estimate of drug-likeness (QED) is 0.810. The van der Waals surface area contributed by atoms with Gasteiger partial charge in [-0.2, -0.15) is 0 Å². The lowest BCUT2D eigenvalue weighted by molar-refractivity contribution is -0.127. The first-order valence-electron chi connectivity index (χ1n) is 6.34. The molecule has 0 spiro atoms. The normalized spacial score (nSPS) is 12.2. The van der Waals surface area contributed by atoms with Gasteiger partial charge in [-0.1, -0.05) is 30.0 Å². The van der Waals surface area contributed by atoms with Crippen LogP contribution in [-0.2, 0) is 4.79 Å². The second-order valence-corrected chi connectivity index (χ2v) is 6.07. The monoisotopic (exact) mass is 290 g/mol. The molecule has 0 fully saturated rings. The van der Waals surface area contributed by atoms with Gasteiger partial charge in [0, 0.05) is 14.1 Å². The molecule has 1 unspecified atom stereocenters. The fourth-order valence-corrected chi connectivity index (χ4v) is 2.86. The molecule has 1 atom stereocenters. The van der Waals surface area contributed by atoms with Gasteiger partial charge in [0.1, 0.15) is 6.33 Å². The first-order chi connectivity index (χ1) is 9.50. The van der Waals surface area contributed by atoms with E-state index in [1.807, 2.05) is 42.7 Å². The molecule has 1 heterocycles. The molecule has 6 heteroatoms. The average Bonchev–Trinajstić information content (AvgIpc) is 2.86. The number of hydrogen-bond donors (Lipinski definition) is 0. The first kappa shape index (κ1) is 14.6. The van der Waals surface area contributed by atoms with Crippen molar-refractivity contribution in [1.82, 2.24) is 19.7 Å². The molecule has 0 aliphatic rings. The zero-order valence-corrected chi connectivity index (χ0v) is 12.9. The van der Waals surface area contributed by atoms with Crippen LogP contribution in [0.15, 0.2) is 35.7 Å². The van der Waals surface area contributed by atoms with Crippen LogP contribution in [0.2, 0.25) is 0 Å². The molecule has 5 nitrogen and oxygen atoms in total. The van der Waals surface area contributed by atoms with Crippen molar-refractivity contribution in [3.63, 3.8) is 0 Å². The molecule has 0 saturated heterocycles. The van der Waals surface area contributed by atoms with Crippen molar-refractivity contribution in [2.75, 3.05) is 14.1 Å². The summed E-state index contributed by atoms with van der Waals surface area (Å²) in [5.41, 5.74) is 2.17. The van der Waals surface area contributed by atoms with Gasteiger partial charge in [-0.05, 0) is 25.5 Å². The van der Waals surface area contributed by atoms with Gasteiger partial charge in [-0.25, -0.2) is 0 Å². The third kappa shape index (κ3) is 3.01. The molecular weight excluding hydrogens is 272 g/mol. The highest BCUT2D eigenvalue weighted by Crippen LogP contribution is 2.25. The van der Waals surface area contributed by atoms with E-state index in [-0.39, 0.29) is 11.2 Å². The highest BCUT2D eigenvalue weighted by atomic mass is 32.2. The van der Waals surface area contributed by atoms with Gasteiger partial charge in [0.2, 0.25) is 5.91 Å². The number of para-hydroxylation sites is 1. The first-order valence-corrected chi connectivity index (χ1v) is 7.22. The van der Waals surface area contributed by atoms with E-state index in [9.17, 15) is 4.79 Å².